The molecule has 1 atom stereocenters. The van der Waals surface area contributed by atoms with Crippen molar-refractivity contribution in [3.8, 4) is 0 Å². The summed E-state index contributed by atoms with van der Waals surface area (Å²) in [6.07, 6.45) is 1.58. The minimum atomic E-state index is -2.25. The Hall–Kier alpha value is -0.620. The van der Waals surface area contributed by atoms with Gasteiger partial charge in [-0.15, -0.1) is 0 Å². The molecule has 0 bridgehead atoms. The van der Waals surface area contributed by atoms with Gasteiger partial charge in [-0.1, -0.05) is 22.2 Å². The van der Waals surface area contributed by atoms with E-state index in [1.54, 1.807) is 20.1 Å². The van der Waals surface area contributed by atoms with Gasteiger partial charge in [0.05, 0.1) is 4.75 Å². The fraction of sp³-hybridized carbons (Fsp3) is 0.625. The maximum Gasteiger partial charge on any atom is 0.354 e. The minimum Gasteiger partial charge on any atom is -0.474 e. The maximum absolute atomic E-state index is 11.8. The first-order valence-corrected chi connectivity index (χ1v) is 6.45. The van der Waals surface area contributed by atoms with Crippen LogP contribution in [0.4, 0.5) is 4.79 Å². The largest absolute Gasteiger partial charge is 0.474 e. The molecule has 0 radical (unpaired) electrons. The molecule has 1 N–H and O–H groups in total. The lowest BCUT2D eigenvalue weighted by atomic mass is 10.2. The standard InChI is InChI=1S/C8H13NO3S2/c1-8(2)5(10)9(3)6(13)14(8,4)7(11)12/h1-4H3,(H,11,12). The number of thiocarbonyl (C=S) groups is 1. The Balaban J connectivity index is 3.39. The van der Waals surface area contributed by atoms with Gasteiger partial charge in [0.2, 0.25) is 5.91 Å². The topological polar surface area (TPSA) is 57.6 Å². The van der Waals surface area contributed by atoms with E-state index in [0.29, 0.717) is 0 Å². The quantitative estimate of drug-likeness (QED) is 0.648. The van der Waals surface area contributed by atoms with Crippen molar-refractivity contribution in [1.29, 1.82) is 0 Å². The van der Waals surface area contributed by atoms with Gasteiger partial charge in [-0.05, 0) is 20.1 Å². The Morgan fingerprint density at radius 3 is 2.14 bits per heavy atom. The zero-order valence-corrected chi connectivity index (χ0v) is 10.2. The van der Waals surface area contributed by atoms with E-state index < -0.39 is 20.1 Å². The summed E-state index contributed by atoms with van der Waals surface area (Å²) < 4.78 is -0.634. The van der Waals surface area contributed by atoms with Crippen LogP contribution in [-0.2, 0) is 4.79 Å². The minimum absolute atomic E-state index is 0.206. The van der Waals surface area contributed by atoms with Crippen LogP contribution >= 0.6 is 22.2 Å². The van der Waals surface area contributed by atoms with E-state index in [4.69, 9.17) is 12.2 Å². The van der Waals surface area contributed by atoms with Crippen molar-refractivity contribution in [2.45, 2.75) is 18.6 Å². The summed E-state index contributed by atoms with van der Waals surface area (Å²) >= 11 is 5.04. The zero-order valence-electron chi connectivity index (χ0n) is 8.53. The molecule has 1 aliphatic rings. The second-order valence-corrected chi connectivity index (χ2v) is 8.06. The fourth-order valence-corrected chi connectivity index (χ4v) is 4.51. The zero-order chi connectivity index (χ0) is 11.3. The molecule has 0 aromatic rings. The lowest BCUT2D eigenvalue weighted by Crippen LogP contribution is -2.36. The molecule has 14 heavy (non-hydrogen) atoms. The van der Waals surface area contributed by atoms with Crippen LogP contribution in [0.15, 0.2) is 0 Å². The van der Waals surface area contributed by atoms with Crippen LogP contribution in [0, 0.1) is 0 Å². The first-order valence-electron chi connectivity index (χ1n) is 4.00. The Bertz CT molecular complexity index is 339. The highest BCUT2D eigenvalue weighted by Gasteiger charge is 2.59. The van der Waals surface area contributed by atoms with E-state index in [9.17, 15) is 14.7 Å². The van der Waals surface area contributed by atoms with E-state index in [1.165, 1.54) is 11.9 Å². The van der Waals surface area contributed by atoms with Crippen molar-refractivity contribution in [2.75, 3.05) is 13.3 Å². The highest BCUT2D eigenvalue weighted by atomic mass is 32.3. The third-order valence-electron chi connectivity index (χ3n) is 2.81. The Morgan fingerprint density at radius 2 is 2.00 bits per heavy atom. The molecular weight excluding hydrogens is 222 g/mol. The summed E-state index contributed by atoms with van der Waals surface area (Å²) in [5.74, 6) is -0.206. The molecular formula is C8H13NO3S2. The number of hydrogen-bond acceptors (Lipinski definition) is 3. The Labute approximate surface area is 89.6 Å². The lowest BCUT2D eigenvalue weighted by molar-refractivity contribution is -0.127. The highest BCUT2D eigenvalue weighted by Crippen LogP contribution is 2.63. The molecule has 6 heteroatoms. The molecule has 1 aliphatic heterocycles. The number of carbonyl (C=O) groups is 2. The van der Waals surface area contributed by atoms with E-state index in [0.717, 1.165) is 0 Å². The van der Waals surface area contributed by atoms with Crippen LogP contribution in [0.3, 0.4) is 0 Å². The summed E-state index contributed by atoms with van der Waals surface area (Å²) in [7, 11) is -0.716. The first-order chi connectivity index (χ1) is 6.17. The molecule has 1 fully saturated rings. The molecule has 1 unspecified atom stereocenters. The molecule has 0 aromatic heterocycles. The number of nitrogens with zero attached hydrogens (tertiary/aromatic N) is 1. The molecule has 0 spiro atoms. The van der Waals surface area contributed by atoms with Crippen molar-refractivity contribution >= 4 is 37.8 Å². The number of carbonyl (C=O) groups excluding carboxylic acids is 1. The molecule has 4 nitrogen and oxygen atoms in total. The second kappa shape index (κ2) is 2.93. The van der Waals surface area contributed by atoms with Crippen molar-refractivity contribution in [3.05, 3.63) is 0 Å². The van der Waals surface area contributed by atoms with Gasteiger partial charge in [0, 0.05) is 7.05 Å². The first kappa shape index (κ1) is 11.5. The van der Waals surface area contributed by atoms with Gasteiger partial charge in [0.1, 0.15) is 4.32 Å². The summed E-state index contributed by atoms with van der Waals surface area (Å²) in [6, 6.07) is 0. The molecule has 1 heterocycles. The molecule has 1 saturated heterocycles. The normalized spacial score (nSPS) is 35.6. The predicted molar refractivity (Wildman–Crippen MR) is 61.0 cm³/mol. The van der Waals surface area contributed by atoms with Crippen LogP contribution in [-0.4, -0.2) is 43.6 Å². The molecule has 80 valence electrons. The second-order valence-electron chi connectivity index (χ2n) is 3.82. The third kappa shape index (κ3) is 1.04. The average molecular weight is 235 g/mol. The molecule has 1 rings (SSSR count). The molecule has 0 aromatic carbocycles. The van der Waals surface area contributed by atoms with Crippen LogP contribution in [0.1, 0.15) is 13.8 Å². The Morgan fingerprint density at radius 1 is 1.57 bits per heavy atom. The summed E-state index contributed by atoms with van der Waals surface area (Å²) in [5, 5.41) is 8.22. The van der Waals surface area contributed by atoms with Crippen molar-refractivity contribution in [2.24, 2.45) is 0 Å². The fourth-order valence-electron chi connectivity index (χ4n) is 1.45. The van der Waals surface area contributed by atoms with Crippen LogP contribution in [0.2, 0.25) is 0 Å². The van der Waals surface area contributed by atoms with E-state index in [2.05, 4.69) is 0 Å². The van der Waals surface area contributed by atoms with Gasteiger partial charge in [-0.25, -0.2) is 4.79 Å². The third-order valence-corrected chi connectivity index (χ3v) is 7.97. The van der Waals surface area contributed by atoms with Gasteiger partial charge in [0.15, 0.2) is 0 Å². The maximum atomic E-state index is 11.8. The summed E-state index contributed by atoms with van der Waals surface area (Å²) in [5.41, 5.74) is 0. The summed E-state index contributed by atoms with van der Waals surface area (Å²) in [4.78, 5) is 24.3. The van der Waals surface area contributed by atoms with Gasteiger partial charge in [-0.2, -0.15) is 0 Å². The van der Waals surface area contributed by atoms with Crippen LogP contribution < -0.4 is 0 Å². The van der Waals surface area contributed by atoms with Crippen molar-refractivity contribution in [3.63, 3.8) is 0 Å². The highest BCUT2D eigenvalue weighted by molar-refractivity contribution is 8.60. The smallest absolute Gasteiger partial charge is 0.354 e. The molecule has 1 amide bonds. The SMILES string of the molecule is CN1C(=O)C(C)(C)S(C)(C(=O)O)C1=S. The average Bonchev–Trinajstić information content (AvgIpc) is 2.20. The van der Waals surface area contributed by atoms with E-state index in [1.807, 2.05) is 0 Å². The number of amides is 1. The molecule has 0 aliphatic carbocycles. The van der Waals surface area contributed by atoms with Crippen molar-refractivity contribution in [1.82, 2.24) is 4.90 Å². The number of carboxylic acid groups (broad SMARTS) is 1. The van der Waals surface area contributed by atoms with E-state index >= 15 is 0 Å². The van der Waals surface area contributed by atoms with Crippen LogP contribution in [0.5, 0.6) is 0 Å². The van der Waals surface area contributed by atoms with Gasteiger partial charge >= 0.3 is 5.30 Å². The van der Waals surface area contributed by atoms with Gasteiger partial charge in [0.25, 0.3) is 0 Å². The number of rotatable bonds is 0. The number of hydrogen-bond donors (Lipinski definition) is 1. The predicted octanol–water partition coefficient (Wildman–Crippen LogP) is 1.63. The van der Waals surface area contributed by atoms with Gasteiger partial charge in [-0.3, -0.25) is 4.79 Å². The monoisotopic (exact) mass is 235 g/mol. The summed E-state index contributed by atoms with van der Waals surface area (Å²) in [6.45, 7) is 3.29. The van der Waals surface area contributed by atoms with Crippen LogP contribution in [0.25, 0.3) is 0 Å². The molecule has 0 saturated carbocycles. The Kier molecular flexibility index (Phi) is 2.40. The van der Waals surface area contributed by atoms with E-state index in [-0.39, 0.29) is 10.2 Å². The lowest BCUT2D eigenvalue weighted by Gasteiger charge is -2.35. The van der Waals surface area contributed by atoms with Gasteiger partial charge < -0.3 is 10.0 Å². The van der Waals surface area contributed by atoms with Crippen molar-refractivity contribution < 1.29 is 14.7 Å².